The van der Waals surface area contributed by atoms with Crippen molar-refractivity contribution in [3.05, 3.63) is 77.5 Å². The summed E-state index contributed by atoms with van der Waals surface area (Å²) in [6.45, 7) is 14.2. The van der Waals surface area contributed by atoms with Gasteiger partial charge in [-0.15, -0.1) is 0 Å². The summed E-state index contributed by atoms with van der Waals surface area (Å²) in [5, 5.41) is 0. The molecule has 0 aliphatic carbocycles. The minimum absolute atomic E-state index is 0.203. The van der Waals surface area contributed by atoms with Crippen LogP contribution in [-0.4, -0.2) is 50.1 Å². The van der Waals surface area contributed by atoms with E-state index in [0.29, 0.717) is 30.7 Å². The van der Waals surface area contributed by atoms with Crippen LogP contribution in [0.25, 0.3) is 16.8 Å². The molecule has 0 radical (unpaired) electrons. The van der Waals surface area contributed by atoms with E-state index in [2.05, 4.69) is 17.3 Å². The molecule has 0 aliphatic heterocycles. The number of unbranched alkanes of at least 4 members (excludes halogenated alkanes) is 3. The van der Waals surface area contributed by atoms with Gasteiger partial charge >= 0.3 is 6.18 Å². The van der Waals surface area contributed by atoms with Gasteiger partial charge in [-0.3, -0.25) is 4.98 Å². The molecule has 0 amide bonds. The maximum Gasteiger partial charge on any atom is 0.405 e. The van der Waals surface area contributed by atoms with Gasteiger partial charge in [0.25, 0.3) is 0 Å². The van der Waals surface area contributed by atoms with E-state index in [-0.39, 0.29) is 18.2 Å². The molecule has 1 aromatic carbocycles. The third-order valence-corrected chi connectivity index (χ3v) is 6.49. The number of benzene rings is 1. The normalized spacial score (nSPS) is 11.9. The molecule has 0 spiro atoms. The third-order valence-electron chi connectivity index (χ3n) is 6.49. The van der Waals surface area contributed by atoms with Crippen molar-refractivity contribution in [1.29, 1.82) is 0 Å². The highest BCUT2D eigenvalue weighted by atomic mass is 19.4. The van der Waals surface area contributed by atoms with Crippen molar-refractivity contribution >= 4 is 12.0 Å². The maximum atomic E-state index is 13.2. The average molecular weight is 653 g/mol. The van der Waals surface area contributed by atoms with Gasteiger partial charge in [0.15, 0.2) is 0 Å². The zero-order valence-electron chi connectivity index (χ0n) is 29.2. The zero-order valence-corrected chi connectivity index (χ0v) is 29.2. The van der Waals surface area contributed by atoms with Crippen molar-refractivity contribution in [2.45, 2.75) is 86.2 Å². The monoisotopic (exact) mass is 652 g/mol. The highest BCUT2D eigenvalue weighted by Gasteiger charge is 2.30. The first-order chi connectivity index (χ1) is 21.7. The first-order valence-corrected chi connectivity index (χ1v) is 15.6. The van der Waals surface area contributed by atoms with Crippen LogP contribution in [0.4, 0.5) is 17.6 Å². The molecule has 0 saturated heterocycles. The van der Waals surface area contributed by atoms with Crippen LogP contribution in [0, 0.1) is 19.8 Å². The summed E-state index contributed by atoms with van der Waals surface area (Å²) >= 11 is 0. The number of rotatable bonds is 14. The lowest BCUT2D eigenvalue weighted by atomic mass is 10.00. The van der Waals surface area contributed by atoms with E-state index in [1.165, 1.54) is 25.1 Å². The van der Waals surface area contributed by atoms with E-state index in [0.717, 1.165) is 53.0 Å². The summed E-state index contributed by atoms with van der Waals surface area (Å²) in [5.41, 5.74) is 16.3. The fraction of sp³-hybridized carbons (Fsp3) is 0.500. The number of aromatic nitrogens is 1. The van der Waals surface area contributed by atoms with Crippen molar-refractivity contribution < 1.29 is 27.1 Å². The van der Waals surface area contributed by atoms with Crippen molar-refractivity contribution in [1.82, 2.24) is 9.88 Å². The highest BCUT2D eigenvalue weighted by molar-refractivity contribution is 5.74. The number of alkyl halides is 3. The Bertz CT molecular complexity index is 1210. The van der Waals surface area contributed by atoms with E-state index < -0.39 is 12.7 Å². The summed E-state index contributed by atoms with van der Waals surface area (Å²) in [7, 11) is 4.56. The van der Waals surface area contributed by atoms with Gasteiger partial charge in [0, 0.05) is 47.4 Å². The lowest BCUT2D eigenvalue weighted by Crippen LogP contribution is -2.32. The summed E-state index contributed by atoms with van der Waals surface area (Å²) in [6.07, 6.45) is 2.94. The van der Waals surface area contributed by atoms with E-state index in [1.807, 2.05) is 58.0 Å². The molecule has 2 rings (SSSR count). The van der Waals surface area contributed by atoms with Crippen LogP contribution in [0.1, 0.15) is 83.2 Å². The van der Waals surface area contributed by atoms with Gasteiger partial charge in [0.1, 0.15) is 18.6 Å². The average Bonchev–Trinajstić information content (AvgIpc) is 3.01. The summed E-state index contributed by atoms with van der Waals surface area (Å²) in [4.78, 5) is 15.8. The largest absolute Gasteiger partial charge is 0.496 e. The number of hydrogen-bond acceptors (Lipinski definition) is 6. The Kier molecular flexibility index (Phi) is 23.7. The number of halogens is 4. The van der Waals surface area contributed by atoms with Gasteiger partial charge in [-0.1, -0.05) is 52.5 Å². The van der Waals surface area contributed by atoms with E-state index in [9.17, 15) is 22.4 Å². The Hall–Kier alpha value is -3.66. The number of hydrogen-bond donors (Lipinski definition) is 2. The van der Waals surface area contributed by atoms with Gasteiger partial charge in [0.2, 0.25) is 0 Å². The summed E-state index contributed by atoms with van der Waals surface area (Å²) in [5.74, 6) is 0.334. The number of aryl methyl sites for hydroxylation is 2. The van der Waals surface area contributed by atoms with Gasteiger partial charge in [-0.25, -0.2) is 4.39 Å². The molecule has 1 atom stereocenters. The molecule has 260 valence electrons. The van der Waals surface area contributed by atoms with Gasteiger partial charge in [0.05, 0.1) is 12.9 Å². The van der Waals surface area contributed by atoms with Crippen molar-refractivity contribution in [2.24, 2.45) is 17.4 Å². The molecule has 6 nitrogen and oxygen atoms in total. The number of nitrogens with zero attached hydrogens (tertiary/aromatic N) is 2. The smallest absolute Gasteiger partial charge is 0.405 e. The Balaban J connectivity index is 0. The number of allylic oxidation sites excluding steroid dienone is 4. The van der Waals surface area contributed by atoms with Crippen LogP contribution >= 0.6 is 0 Å². The second-order valence-electron chi connectivity index (χ2n) is 10.3. The Morgan fingerprint density at radius 2 is 1.63 bits per heavy atom. The summed E-state index contributed by atoms with van der Waals surface area (Å²) < 4.78 is 56.5. The fourth-order valence-corrected chi connectivity index (χ4v) is 4.40. The first-order valence-electron chi connectivity index (χ1n) is 15.6. The number of carbonyl (C=O) groups excluding carboxylic acids is 1. The van der Waals surface area contributed by atoms with Crippen LogP contribution in [0.3, 0.4) is 0 Å². The molecule has 0 fully saturated rings. The SMILES string of the molecule is C=C(N)c1ccc(-c2cc(C)nc(C)c2)c(OC)c1.CC.CC/C(F)=C\CC(C)/C(=C/CCCCC=O)N(C)CC(F)(F)F.CN. The van der Waals surface area contributed by atoms with Crippen molar-refractivity contribution in [3.8, 4) is 16.9 Å². The highest BCUT2D eigenvalue weighted by Crippen LogP contribution is 2.32. The molecule has 0 bridgehead atoms. The van der Waals surface area contributed by atoms with Gasteiger partial charge in [-0.05, 0) is 88.7 Å². The van der Waals surface area contributed by atoms with E-state index in [4.69, 9.17) is 10.5 Å². The second kappa shape index (κ2) is 24.6. The standard InChI is InChI=1S/C17H27F4NO.C16H18N2O.C2H6.CH5N/c1-4-15(18)11-10-14(2)16(9-7-5-6-8-12-23)22(3)13-17(19,20)21;1-10-7-14(8-11(2)18-10)15-6-5-13(12(3)17)9-16(15)19-4;2*1-2/h9,11-12,14H,4-8,10,13H2,1-3H3;5-9H,3,17H2,1-2,4H3;1-2H3;2H2,1H3/b15-11+,16-9-;;;. The first kappa shape index (κ1) is 44.5. The molecule has 4 N–H and O–H groups in total. The number of methoxy groups -OCH3 is 1. The predicted molar refractivity (Wildman–Crippen MR) is 185 cm³/mol. The van der Waals surface area contributed by atoms with Crippen LogP contribution in [0.15, 0.2) is 60.6 Å². The van der Waals surface area contributed by atoms with Crippen LogP contribution in [0.2, 0.25) is 0 Å². The number of aldehydes is 1. The topological polar surface area (TPSA) is 94.5 Å². The number of ether oxygens (including phenoxy) is 1. The molecule has 10 heteroatoms. The second-order valence-corrected chi connectivity index (χ2v) is 10.3. The van der Waals surface area contributed by atoms with E-state index >= 15 is 0 Å². The fourth-order valence-electron chi connectivity index (χ4n) is 4.40. The molecular formula is C36H56F4N4O2. The third kappa shape index (κ3) is 18.3. The quantitative estimate of drug-likeness (QED) is 0.120. The molecule has 0 aliphatic rings. The van der Waals surface area contributed by atoms with Gasteiger partial charge < -0.3 is 25.9 Å². The Morgan fingerprint density at radius 1 is 1.07 bits per heavy atom. The lowest BCUT2D eigenvalue weighted by molar-refractivity contribution is -0.140. The summed E-state index contributed by atoms with van der Waals surface area (Å²) in [6, 6.07) is 9.94. The minimum atomic E-state index is -4.28. The lowest BCUT2D eigenvalue weighted by Gasteiger charge is -2.28. The zero-order chi connectivity index (χ0) is 35.9. The minimum Gasteiger partial charge on any atom is -0.496 e. The van der Waals surface area contributed by atoms with Crippen LogP contribution in [0.5, 0.6) is 5.75 Å². The number of carbonyl (C=O) groups is 1. The number of pyridine rings is 1. The van der Waals surface area contributed by atoms with Crippen molar-refractivity contribution in [2.75, 3.05) is 27.7 Å². The molecule has 1 unspecified atom stereocenters. The predicted octanol–water partition coefficient (Wildman–Crippen LogP) is 9.32. The Morgan fingerprint density at radius 3 is 2.11 bits per heavy atom. The molecule has 2 aromatic rings. The molecule has 0 saturated carbocycles. The maximum absolute atomic E-state index is 13.2. The van der Waals surface area contributed by atoms with Crippen LogP contribution in [-0.2, 0) is 4.79 Å². The molecule has 1 aromatic heterocycles. The van der Waals surface area contributed by atoms with Gasteiger partial charge in [-0.2, -0.15) is 13.2 Å². The van der Waals surface area contributed by atoms with Crippen molar-refractivity contribution in [3.63, 3.8) is 0 Å². The van der Waals surface area contributed by atoms with Crippen LogP contribution < -0.4 is 16.2 Å². The molecule has 1 heterocycles. The molecular weight excluding hydrogens is 596 g/mol. The Labute approximate surface area is 274 Å². The number of nitrogens with two attached hydrogens (primary N) is 2. The molecule has 46 heavy (non-hydrogen) atoms. The van der Waals surface area contributed by atoms with E-state index in [1.54, 1.807) is 27.0 Å².